The van der Waals surface area contributed by atoms with Crippen LogP contribution in [0.3, 0.4) is 0 Å². The van der Waals surface area contributed by atoms with Gasteiger partial charge in [0.25, 0.3) is 15.9 Å². The zero-order valence-corrected chi connectivity index (χ0v) is 20.2. The first-order chi connectivity index (χ1) is 15.7. The number of benzene rings is 3. The van der Waals surface area contributed by atoms with E-state index in [1.54, 1.807) is 24.3 Å². The smallest absolute Gasteiger partial charge is 0.265 e. The van der Waals surface area contributed by atoms with Crippen LogP contribution in [0.25, 0.3) is 0 Å². The van der Waals surface area contributed by atoms with E-state index in [1.807, 2.05) is 6.92 Å². The Morgan fingerprint density at radius 3 is 2.12 bits per heavy atom. The normalized spacial score (nSPS) is 12.0. The number of rotatable bonds is 9. The summed E-state index contributed by atoms with van der Waals surface area (Å²) in [6, 6.07) is 17.2. The van der Waals surface area contributed by atoms with E-state index in [-0.39, 0.29) is 16.5 Å². The van der Waals surface area contributed by atoms with Gasteiger partial charge in [-0.3, -0.25) is 9.52 Å². The highest BCUT2D eigenvalue weighted by Gasteiger charge is 2.21. The SMILES string of the molecule is CC[C@H](Oc1ccccc1OC)C(=O)Nc1ccc(S(=O)(=O)Nc2cc(Cl)cc(Cl)c2)cc1. The summed E-state index contributed by atoms with van der Waals surface area (Å²) in [5, 5.41) is 3.35. The first-order valence-electron chi connectivity index (χ1n) is 9.91. The average Bonchev–Trinajstić information content (AvgIpc) is 2.77. The maximum Gasteiger partial charge on any atom is 0.265 e. The molecule has 0 fully saturated rings. The van der Waals surface area contributed by atoms with Crippen molar-refractivity contribution < 1.29 is 22.7 Å². The average molecular weight is 509 g/mol. The number of hydrogen-bond acceptors (Lipinski definition) is 5. The van der Waals surface area contributed by atoms with Crippen molar-refractivity contribution in [1.29, 1.82) is 0 Å². The van der Waals surface area contributed by atoms with Crippen molar-refractivity contribution in [3.63, 3.8) is 0 Å². The van der Waals surface area contributed by atoms with Gasteiger partial charge >= 0.3 is 0 Å². The van der Waals surface area contributed by atoms with Gasteiger partial charge in [-0.15, -0.1) is 0 Å². The molecule has 0 unspecified atom stereocenters. The summed E-state index contributed by atoms with van der Waals surface area (Å²) in [7, 11) is -2.36. The van der Waals surface area contributed by atoms with Crippen molar-refractivity contribution in [2.75, 3.05) is 17.1 Å². The van der Waals surface area contributed by atoms with Crippen LogP contribution >= 0.6 is 23.2 Å². The molecule has 10 heteroatoms. The minimum absolute atomic E-state index is 0.00825. The molecule has 0 aliphatic rings. The topological polar surface area (TPSA) is 93.7 Å². The molecule has 0 heterocycles. The second kappa shape index (κ2) is 10.8. The molecule has 1 atom stereocenters. The van der Waals surface area contributed by atoms with E-state index in [1.165, 1.54) is 49.6 Å². The Kier molecular flexibility index (Phi) is 8.07. The van der Waals surface area contributed by atoms with E-state index < -0.39 is 16.1 Å². The van der Waals surface area contributed by atoms with Crippen molar-refractivity contribution in [1.82, 2.24) is 0 Å². The van der Waals surface area contributed by atoms with E-state index in [0.29, 0.717) is 33.7 Å². The van der Waals surface area contributed by atoms with Gasteiger partial charge in [0.2, 0.25) is 0 Å². The van der Waals surface area contributed by atoms with Crippen LogP contribution in [0.15, 0.2) is 71.6 Å². The van der Waals surface area contributed by atoms with Gasteiger partial charge in [-0.1, -0.05) is 42.3 Å². The summed E-state index contributed by atoms with van der Waals surface area (Å²) in [5.41, 5.74) is 0.663. The minimum atomic E-state index is -3.88. The third kappa shape index (κ3) is 6.54. The monoisotopic (exact) mass is 508 g/mol. The maximum absolute atomic E-state index is 12.7. The molecule has 3 rings (SSSR count). The lowest BCUT2D eigenvalue weighted by atomic mass is 10.2. The number of nitrogens with one attached hydrogen (secondary N) is 2. The fourth-order valence-electron chi connectivity index (χ4n) is 2.96. The molecule has 33 heavy (non-hydrogen) atoms. The van der Waals surface area contributed by atoms with E-state index in [9.17, 15) is 13.2 Å². The summed E-state index contributed by atoms with van der Waals surface area (Å²) in [6.45, 7) is 1.82. The molecule has 3 aromatic rings. The lowest BCUT2D eigenvalue weighted by molar-refractivity contribution is -0.122. The summed E-state index contributed by atoms with van der Waals surface area (Å²) in [6.07, 6.45) is -0.346. The number of methoxy groups -OCH3 is 1. The van der Waals surface area contributed by atoms with Crippen LogP contribution in [-0.4, -0.2) is 27.5 Å². The van der Waals surface area contributed by atoms with Crippen molar-refractivity contribution in [3.05, 3.63) is 76.8 Å². The number of halogens is 2. The Hall–Kier alpha value is -2.94. The molecule has 0 aromatic heterocycles. The van der Waals surface area contributed by atoms with Crippen LogP contribution in [-0.2, 0) is 14.8 Å². The number of carbonyl (C=O) groups is 1. The number of hydrogen-bond donors (Lipinski definition) is 2. The van der Waals surface area contributed by atoms with Crippen LogP contribution in [0.4, 0.5) is 11.4 Å². The Balaban J connectivity index is 1.69. The molecule has 0 aliphatic carbocycles. The van der Waals surface area contributed by atoms with Gasteiger partial charge in [-0.2, -0.15) is 0 Å². The first kappa shape index (κ1) is 24.7. The molecule has 2 N–H and O–H groups in total. The van der Waals surface area contributed by atoms with Gasteiger partial charge in [-0.25, -0.2) is 8.42 Å². The van der Waals surface area contributed by atoms with Gasteiger partial charge in [0.1, 0.15) is 0 Å². The minimum Gasteiger partial charge on any atom is -0.493 e. The van der Waals surface area contributed by atoms with Crippen LogP contribution in [0.5, 0.6) is 11.5 Å². The summed E-state index contributed by atoms with van der Waals surface area (Å²) < 4.78 is 38.8. The Morgan fingerprint density at radius 2 is 1.55 bits per heavy atom. The van der Waals surface area contributed by atoms with Crippen molar-refractivity contribution in [2.45, 2.75) is 24.3 Å². The highest BCUT2D eigenvalue weighted by molar-refractivity contribution is 7.92. The highest BCUT2D eigenvalue weighted by atomic mass is 35.5. The molecule has 174 valence electrons. The zero-order valence-electron chi connectivity index (χ0n) is 17.8. The molecule has 0 bridgehead atoms. The van der Waals surface area contributed by atoms with Gasteiger partial charge in [-0.05, 0) is 61.0 Å². The lowest BCUT2D eigenvalue weighted by Gasteiger charge is -2.19. The second-order valence-corrected chi connectivity index (χ2v) is 9.50. The van der Waals surface area contributed by atoms with Crippen LogP contribution in [0.1, 0.15) is 13.3 Å². The van der Waals surface area contributed by atoms with Crippen LogP contribution in [0, 0.1) is 0 Å². The predicted octanol–water partition coefficient (Wildman–Crippen LogP) is 5.60. The molecule has 0 radical (unpaired) electrons. The molecule has 0 saturated carbocycles. The summed E-state index contributed by atoms with van der Waals surface area (Å²) in [4.78, 5) is 12.7. The lowest BCUT2D eigenvalue weighted by Crippen LogP contribution is -2.32. The Bertz CT molecular complexity index is 1210. The second-order valence-electron chi connectivity index (χ2n) is 6.94. The number of amides is 1. The summed E-state index contributed by atoms with van der Waals surface area (Å²) >= 11 is 11.8. The Labute approximate surface area is 202 Å². The molecule has 1 amide bonds. The predicted molar refractivity (Wildman–Crippen MR) is 130 cm³/mol. The quantitative estimate of drug-likeness (QED) is 0.392. The standard InChI is InChI=1S/C23H22Cl2N2O5S/c1-3-20(32-22-7-5-4-6-21(22)31-2)23(28)26-17-8-10-19(11-9-17)33(29,30)27-18-13-15(24)12-16(25)14-18/h4-14,20,27H,3H2,1-2H3,(H,26,28)/t20-/m0/s1. The van der Waals surface area contributed by atoms with E-state index in [0.717, 1.165) is 0 Å². The van der Waals surface area contributed by atoms with Gasteiger partial charge < -0.3 is 14.8 Å². The molecule has 0 spiro atoms. The van der Waals surface area contributed by atoms with Crippen LogP contribution in [0.2, 0.25) is 10.0 Å². The van der Waals surface area contributed by atoms with Crippen molar-refractivity contribution >= 4 is 50.5 Å². The number of carbonyl (C=O) groups excluding carboxylic acids is 1. The van der Waals surface area contributed by atoms with E-state index >= 15 is 0 Å². The van der Waals surface area contributed by atoms with E-state index in [4.69, 9.17) is 32.7 Å². The largest absolute Gasteiger partial charge is 0.493 e. The number of sulfonamides is 1. The van der Waals surface area contributed by atoms with Gasteiger partial charge in [0, 0.05) is 15.7 Å². The third-order valence-corrected chi connectivity index (χ3v) is 6.38. The number of ether oxygens (including phenoxy) is 2. The molecule has 3 aromatic carbocycles. The molecule has 0 saturated heterocycles. The third-order valence-electron chi connectivity index (χ3n) is 4.55. The fraction of sp³-hybridized carbons (Fsp3) is 0.174. The molecular formula is C23H22Cl2N2O5S. The van der Waals surface area contributed by atoms with Gasteiger partial charge in [0.05, 0.1) is 17.7 Å². The number of para-hydroxylation sites is 2. The zero-order chi connectivity index (χ0) is 24.0. The first-order valence-corrected chi connectivity index (χ1v) is 12.1. The summed E-state index contributed by atoms with van der Waals surface area (Å²) in [5.74, 6) is 0.605. The number of anilines is 2. The van der Waals surface area contributed by atoms with Crippen LogP contribution < -0.4 is 19.5 Å². The fourth-order valence-corrected chi connectivity index (χ4v) is 4.53. The Morgan fingerprint density at radius 1 is 0.939 bits per heavy atom. The van der Waals surface area contributed by atoms with Crippen molar-refractivity contribution in [3.8, 4) is 11.5 Å². The maximum atomic E-state index is 12.7. The molecule has 0 aliphatic heterocycles. The molecule has 7 nitrogen and oxygen atoms in total. The highest BCUT2D eigenvalue weighted by Crippen LogP contribution is 2.28. The van der Waals surface area contributed by atoms with Crippen molar-refractivity contribution in [2.24, 2.45) is 0 Å². The van der Waals surface area contributed by atoms with Gasteiger partial charge in [0.15, 0.2) is 17.6 Å². The van der Waals surface area contributed by atoms with E-state index in [2.05, 4.69) is 10.0 Å². The molecular weight excluding hydrogens is 487 g/mol.